The number of nitrogens with one attached hydrogen (secondary N) is 1. The number of carbonyl (C=O) groups is 1. The number of hydrogen-bond acceptors (Lipinski definition) is 3. The lowest BCUT2D eigenvalue weighted by molar-refractivity contribution is -0.129. The van der Waals surface area contributed by atoms with E-state index >= 15 is 0 Å². The van der Waals surface area contributed by atoms with Crippen molar-refractivity contribution in [3.05, 3.63) is 34.9 Å². The predicted molar refractivity (Wildman–Crippen MR) is 113 cm³/mol. The van der Waals surface area contributed by atoms with Crippen molar-refractivity contribution in [3.8, 4) is 0 Å². The largest absolute Gasteiger partial charge is 0.370 e. The number of benzene rings is 1. The highest BCUT2D eigenvalue weighted by Gasteiger charge is 2.25. The fraction of sp³-hybridized carbons (Fsp3) is 0.636. The predicted octanol–water partition coefficient (Wildman–Crippen LogP) is 2.65. The van der Waals surface area contributed by atoms with Gasteiger partial charge in [0.05, 0.1) is 19.7 Å². The van der Waals surface area contributed by atoms with Crippen molar-refractivity contribution in [1.82, 2.24) is 15.1 Å². The molecule has 28 heavy (non-hydrogen) atoms. The number of rotatable bonds is 5. The highest BCUT2D eigenvalue weighted by atomic mass is 16.5. The van der Waals surface area contributed by atoms with Crippen LogP contribution in [-0.2, 0) is 9.53 Å². The number of nitrogens with zero attached hydrogens (tertiary/aromatic N) is 3. The third kappa shape index (κ3) is 5.25. The van der Waals surface area contributed by atoms with Crippen LogP contribution < -0.4 is 5.32 Å². The quantitative estimate of drug-likeness (QED) is 0.624. The van der Waals surface area contributed by atoms with Crippen molar-refractivity contribution < 1.29 is 9.53 Å². The second-order valence-corrected chi connectivity index (χ2v) is 7.74. The molecule has 0 saturated carbocycles. The first-order valence-corrected chi connectivity index (χ1v) is 10.6. The summed E-state index contributed by atoms with van der Waals surface area (Å²) in [5.74, 6) is 1.11. The van der Waals surface area contributed by atoms with Crippen LogP contribution in [0, 0.1) is 13.8 Å². The maximum atomic E-state index is 12.3. The van der Waals surface area contributed by atoms with Gasteiger partial charge >= 0.3 is 0 Å². The van der Waals surface area contributed by atoms with Crippen LogP contribution >= 0.6 is 0 Å². The minimum absolute atomic E-state index is 0.0458. The third-order valence-electron chi connectivity index (χ3n) is 5.52. The highest BCUT2D eigenvalue weighted by molar-refractivity contribution is 5.81. The molecule has 2 heterocycles. The summed E-state index contributed by atoms with van der Waals surface area (Å²) < 4.78 is 6.07. The molecule has 6 nitrogen and oxygen atoms in total. The highest BCUT2D eigenvalue weighted by Crippen LogP contribution is 2.26. The van der Waals surface area contributed by atoms with E-state index in [-0.39, 0.29) is 12.0 Å². The van der Waals surface area contributed by atoms with Crippen LogP contribution in [0.2, 0.25) is 0 Å². The van der Waals surface area contributed by atoms with Crippen molar-refractivity contribution in [2.75, 3.05) is 45.9 Å². The first kappa shape index (κ1) is 20.6. The van der Waals surface area contributed by atoms with Gasteiger partial charge in [0, 0.05) is 32.6 Å². The summed E-state index contributed by atoms with van der Waals surface area (Å²) in [5, 5.41) is 3.39. The summed E-state index contributed by atoms with van der Waals surface area (Å²) in [6, 6.07) is 6.53. The van der Waals surface area contributed by atoms with Crippen LogP contribution in [-0.4, -0.2) is 67.5 Å². The minimum Gasteiger partial charge on any atom is -0.370 e. The SMILES string of the molecule is CCNC(=NCCC(=O)N1CCCC1)N1CCOC(c2ccc(C)cc2C)C1. The maximum Gasteiger partial charge on any atom is 0.224 e. The number of likely N-dealkylation sites (tertiary alicyclic amines) is 1. The van der Waals surface area contributed by atoms with Gasteiger partial charge in [0.15, 0.2) is 5.96 Å². The molecule has 3 rings (SSSR count). The Morgan fingerprint density at radius 3 is 2.71 bits per heavy atom. The molecular formula is C22H34N4O2. The summed E-state index contributed by atoms with van der Waals surface area (Å²) in [7, 11) is 0. The fourth-order valence-electron chi connectivity index (χ4n) is 4.02. The van der Waals surface area contributed by atoms with E-state index in [0.29, 0.717) is 19.6 Å². The molecule has 0 aliphatic carbocycles. The van der Waals surface area contributed by atoms with Gasteiger partial charge in [-0.1, -0.05) is 23.8 Å². The lowest BCUT2D eigenvalue weighted by Gasteiger charge is -2.36. The van der Waals surface area contributed by atoms with Crippen LogP contribution in [0.3, 0.4) is 0 Å². The third-order valence-corrected chi connectivity index (χ3v) is 5.52. The van der Waals surface area contributed by atoms with Gasteiger partial charge in [0.25, 0.3) is 0 Å². The second kappa shape index (κ2) is 9.92. The average molecular weight is 387 g/mol. The molecule has 1 unspecified atom stereocenters. The summed E-state index contributed by atoms with van der Waals surface area (Å²) in [6.07, 6.45) is 2.79. The molecular weight excluding hydrogens is 352 g/mol. The zero-order valence-electron chi connectivity index (χ0n) is 17.5. The Balaban J connectivity index is 1.62. The molecule has 1 aromatic rings. The van der Waals surface area contributed by atoms with Gasteiger partial charge in [-0.2, -0.15) is 0 Å². The molecule has 1 N–H and O–H groups in total. The Bertz CT molecular complexity index is 698. The molecule has 0 spiro atoms. The molecule has 1 aromatic carbocycles. The van der Waals surface area contributed by atoms with Crippen LogP contribution in [0.4, 0.5) is 0 Å². The van der Waals surface area contributed by atoms with Gasteiger partial charge in [-0.25, -0.2) is 0 Å². The normalized spacial score (nSPS) is 20.5. The van der Waals surface area contributed by atoms with Gasteiger partial charge in [-0.3, -0.25) is 9.79 Å². The Hall–Kier alpha value is -2.08. The summed E-state index contributed by atoms with van der Waals surface area (Å²) >= 11 is 0. The molecule has 1 amide bonds. The van der Waals surface area contributed by atoms with Crippen molar-refractivity contribution in [3.63, 3.8) is 0 Å². The zero-order valence-corrected chi connectivity index (χ0v) is 17.5. The van der Waals surface area contributed by atoms with Crippen molar-refractivity contribution in [2.45, 2.75) is 46.1 Å². The minimum atomic E-state index is 0.0458. The fourth-order valence-corrected chi connectivity index (χ4v) is 4.02. The van der Waals surface area contributed by atoms with E-state index in [4.69, 9.17) is 9.73 Å². The molecule has 2 fully saturated rings. The molecule has 0 bridgehead atoms. The number of hydrogen-bond donors (Lipinski definition) is 1. The second-order valence-electron chi connectivity index (χ2n) is 7.74. The average Bonchev–Trinajstić information content (AvgIpc) is 3.22. The molecule has 1 atom stereocenters. The van der Waals surface area contributed by atoms with Gasteiger partial charge < -0.3 is 19.9 Å². The monoisotopic (exact) mass is 386 g/mol. The van der Waals surface area contributed by atoms with Crippen LogP contribution in [0.1, 0.15) is 49.0 Å². The Morgan fingerprint density at radius 2 is 2.00 bits per heavy atom. The number of ether oxygens (including phenoxy) is 1. The van der Waals surface area contributed by atoms with Crippen LogP contribution in [0.5, 0.6) is 0 Å². The first-order chi connectivity index (χ1) is 13.6. The van der Waals surface area contributed by atoms with E-state index in [1.54, 1.807) is 0 Å². The van der Waals surface area contributed by atoms with Gasteiger partial charge in [-0.15, -0.1) is 0 Å². The number of aliphatic imine (C=N–C) groups is 1. The van der Waals surface area contributed by atoms with E-state index in [1.165, 1.54) is 16.7 Å². The number of guanidine groups is 1. The van der Waals surface area contributed by atoms with Crippen LogP contribution in [0.15, 0.2) is 23.2 Å². The molecule has 2 saturated heterocycles. The van der Waals surface area contributed by atoms with Crippen LogP contribution in [0.25, 0.3) is 0 Å². The van der Waals surface area contributed by atoms with Gasteiger partial charge in [0.1, 0.15) is 6.10 Å². The number of carbonyl (C=O) groups excluding carboxylic acids is 1. The molecule has 6 heteroatoms. The number of amides is 1. The molecule has 0 aromatic heterocycles. The van der Waals surface area contributed by atoms with Gasteiger partial charge in [0.2, 0.25) is 5.91 Å². The number of aryl methyl sites for hydroxylation is 2. The van der Waals surface area contributed by atoms with E-state index in [1.807, 2.05) is 4.90 Å². The smallest absolute Gasteiger partial charge is 0.224 e. The topological polar surface area (TPSA) is 57.2 Å². The van der Waals surface area contributed by atoms with Crippen molar-refractivity contribution in [2.24, 2.45) is 4.99 Å². The van der Waals surface area contributed by atoms with E-state index < -0.39 is 0 Å². The molecule has 2 aliphatic heterocycles. The standard InChI is InChI=1S/C22H34N4O2/c1-4-23-22(24-10-9-21(27)25-11-5-6-12-25)26-13-14-28-20(16-26)19-8-7-17(2)15-18(19)3/h7-8,15,20H,4-6,9-14,16H2,1-3H3,(H,23,24). The summed E-state index contributed by atoms with van der Waals surface area (Å²) in [6.45, 7) is 11.8. The Morgan fingerprint density at radius 1 is 1.21 bits per heavy atom. The lowest BCUT2D eigenvalue weighted by Crippen LogP contribution is -2.48. The molecule has 154 valence electrons. The molecule has 0 radical (unpaired) electrons. The Kier molecular flexibility index (Phi) is 7.31. The van der Waals surface area contributed by atoms with Crippen molar-refractivity contribution in [1.29, 1.82) is 0 Å². The summed E-state index contributed by atoms with van der Waals surface area (Å²) in [4.78, 5) is 21.2. The van der Waals surface area contributed by atoms with Crippen molar-refractivity contribution >= 4 is 11.9 Å². The lowest BCUT2D eigenvalue weighted by atomic mass is 10.00. The maximum absolute atomic E-state index is 12.3. The first-order valence-electron chi connectivity index (χ1n) is 10.6. The molecule has 2 aliphatic rings. The van der Waals surface area contributed by atoms with E-state index in [0.717, 1.165) is 51.5 Å². The number of morpholine rings is 1. The summed E-state index contributed by atoms with van der Waals surface area (Å²) in [5.41, 5.74) is 3.78. The van der Waals surface area contributed by atoms with E-state index in [2.05, 4.69) is 49.2 Å². The Labute approximate surface area is 168 Å². The van der Waals surface area contributed by atoms with E-state index in [9.17, 15) is 4.79 Å². The zero-order chi connectivity index (χ0) is 19.9. The van der Waals surface area contributed by atoms with Gasteiger partial charge in [-0.05, 0) is 44.7 Å².